The van der Waals surface area contributed by atoms with Crippen molar-refractivity contribution in [3.8, 4) is 0 Å². The van der Waals surface area contributed by atoms with Gasteiger partial charge in [-0.3, -0.25) is 0 Å². The molecule has 4 nitrogen and oxygen atoms in total. The molecule has 1 heterocycles. The highest BCUT2D eigenvalue weighted by molar-refractivity contribution is 9.10. The number of carbonyl (C=O) groups excluding carboxylic acids is 1. The van der Waals surface area contributed by atoms with Crippen molar-refractivity contribution in [2.75, 3.05) is 13.1 Å². The van der Waals surface area contributed by atoms with Crippen LogP contribution in [0.5, 0.6) is 0 Å². The van der Waals surface area contributed by atoms with Crippen LogP contribution in [0.2, 0.25) is 0 Å². The van der Waals surface area contributed by atoms with E-state index in [1.807, 2.05) is 0 Å². The fraction of sp³-hybridized carbons (Fsp3) is 0.500. The number of hydrogen-bond acceptors (Lipinski definition) is 3. The van der Waals surface area contributed by atoms with E-state index in [0.29, 0.717) is 4.47 Å². The number of likely N-dealkylation sites (tertiary alicyclic amines) is 1. The van der Waals surface area contributed by atoms with Crippen LogP contribution in [-0.2, 0) is 10.3 Å². The fourth-order valence-corrected chi connectivity index (χ4v) is 2.43. The molecule has 0 atom stereocenters. The van der Waals surface area contributed by atoms with Crippen LogP contribution in [-0.4, -0.2) is 34.8 Å². The number of amides is 1. The first kappa shape index (κ1) is 15.3. The third-order valence-electron chi connectivity index (χ3n) is 2.99. The molecule has 6 heteroatoms. The zero-order valence-corrected chi connectivity index (χ0v) is 13.2. The van der Waals surface area contributed by atoms with E-state index >= 15 is 0 Å². The second-order valence-electron chi connectivity index (χ2n) is 5.99. The average Bonchev–Trinajstić information content (AvgIpc) is 2.25. The van der Waals surface area contributed by atoms with Crippen LogP contribution in [0.4, 0.5) is 9.18 Å². The predicted molar refractivity (Wildman–Crippen MR) is 75.8 cm³/mol. The van der Waals surface area contributed by atoms with Crippen LogP contribution in [0.15, 0.2) is 22.7 Å². The largest absolute Gasteiger partial charge is 0.444 e. The van der Waals surface area contributed by atoms with E-state index in [4.69, 9.17) is 4.74 Å². The lowest BCUT2D eigenvalue weighted by Gasteiger charge is -2.46. The van der Waals surface area contributed by atoms with Gasteiger partial charge in [0, 0.05) is 10.0 Å². The van der Waals surface area contributed by atoms with Gasteiger partial charge in [0.2, 0.25) is 0 Å². The minimum Gasteiger partial charge on any atom is -0.444 e. The standard InChI is InChI=1S/C14H17BrFNO3/c1-13(2,3)20-12(18)17-7-14(19,8-17)10-6-9(15)4-5-11(10)16/h4-6,19H,7-8H2,1-3H3. The Kier molecular flexibility index (Phi) is 3.81. The molecule has 0 radical (unpaired) electrons. The van der Waals surface area contributed by atoms with E-state index in [2.05, 4.69) is 15.9 Å². The lowest BCUT2D eigenvalue weighted by Crippen LogP contribution is -2.62. The number of nitrogens with zero attached hydrogens (tertiary/aromatic N) is 1. The molecule has 0 bridgehead atoms. The molecule has 1 N–H and O–H groups in total. The fourth-order valence-electron chi connectivity index (χ4n) is 2.07. The minimum absolute atomic E-state index is 0.0231. The summed E-state index contributed by atoms with van der Waals surface area (Å²) < 4.78 is 19.6. The number of benzene rings is 1. The number of halogens is 2. The Morgan fingerprint density at radius 1 is 1.45 bits per heavy atom. The molecule has 0 saturated carbocycles. The lowest BCUT2D eigenvalue weighted by atomic mass is 9.86. The van der Waals surface area contributed by atoms with Gasteiger partial charge < -0.3 is 14.7 Å². The molecular formula is C14H17BrFNO3. The van der Waals surface area contributed by atoms with Gasteiger partial charge in [-0.2, -0.15) is 0 Å². The van der Waals surface area contributed by atoms with Crippen molar-refractivity contribution in [2.45, 2.75) is 32.0 Å². The first-order chi connectivity index (χ1) is 9.11. The van der Waals surface area contributed by atoms with Gasteiger partial charge in [-0.25, -0.2) is 9.18 Å². The normalized spacial score (nSPS) is 17.6. The molecular weight excluding hydrogens is 329 g/mol. The van der Waals surface area contributed by atoms with Crippen LogP contribution in [0.3, 0.4) is 0 Å². The summed E-state index contributed by atoms with van der Waals surface area (Å²) in [5.41, 5.74) is -1.76. The Bertz CT molecular complexity index is 536. The molecule has 1 amide bonds. The Balaban J connectivity index is 2.07. The smallest absolute Gasteiger partial charge is 0.410 e. The molecule has 1 aromatic carbocycles. The number of ether oxygens (including phenoxy) is 1. The minimum atomic E-state index is -1.36. The highest BCUT2D eigenvalue weighted by Crippen LogP contribution is 2.35. The zero-order valence-electron chi connectivity index (χ0n) is 11.6. The van der Waals surface area contributed by atoms with E-state index in [9.17, 15) is 14.3 Å². The molecule has 110 valence electrons. The lowest BCUT2D eigenvalue weighted by molar-refractivity contribution is -0.105. The number of β-amino-alcohol motifs (C(OH)–C–C–N with tert-alkyl or cyclic N) is 1. The van der Waals surface area contributed by atoms with Gasteiger partial charge in [0.1, 0.15) is 17.0 Å². The molecule has 20 heavy (non-hydrogen) atoms. The van der Waals surface area contributed by atoms with Crippen molar-refractivity contribution in [1.29, 1.82) is 0 Å². The molecule has 1 saturated heterocycles. The number of hydrogen-bond donors (Lipinski definition) is 1. The summed E-state index contributed by atoms with van der Waals surface area (Å²) in [6, 6.07) is 4.38. The second-order valence-corrected chi connectivity index (χ2v) is 6.91. The summed E-state index contributed by atoms with van der Waals surface area (Å²) >= 11 is 3.24. The van der Waals surface area contributed by atoms with Gasteiger partial charge in [-0.1, -0.05) is 15.9 Å². The molecule has 0 spiro atoms. The topological polar surface area (TPSA) is 49.8 Å². The Morgan fingerprint density at radius 3 is 2.60 bits per heavy atom. The van der Waals surface area contributed by atoms with E-state index in [1.165, 1.54) is 17.0 Å². The maximum absolute atomic E-state index is 13.8. The summed E-state index contributed by atoms with van der Waals surface area (Å²) in [6.07, 6.45) is -0.502. The molecule has 0 aliphatic carbocycles. The third-order valence-corrected chi connectivity index (χ3v) is 3.48. The van der Waals surface area contributed by atoms with Crippen molar-refractivity contribution < 1.29 is 19.0 Å². The third kappa shape index (κ3) is 3.12. The van der Waals surface area contributed by atoms with Gasteiger partial charge >= 0.3 is 6.09 Å². The molecule has 0 unspecified atom stereocenters. The van der Waals surface area contributed by atoms with Crippen LogP contribution >= 0.6 is 15.9 Å². The van der Waals surface area contributed by atoms with Crippen LogP contribution in [0, 0.1) is 5.82 Å². The monoisotopic (exact) mass is 345 g/mol. The van der Waals surface area contributed by atoms with Crippen LogP contribution in [0.1, 0.15) is 26.3 Å². The zero-order chi connectivity index (χ0) is 15.1. The van der Waals surface area contributed by atoms with E-state index in [1.54, 1.807) is 26.8 Å². The predicted octanol–water partition coefficient (Wildman–Crippen LogP) is 3.03. The van der Waals surface area contributed by atoms with Crippen LogP contribution in [0.25, 0.3) is 0 Å². The SMILES string of the molecule is CC(C)(C)OC(=O)N1CC(O)(c2cc(Br)ccc2F)C1. The molecule has 0 aromatic heterocycles. The summed E-state index contributed by atoms with van der Waals surface area (Å²) in [4.78, 5) is 13.2. The Hall–Kier alpha value is -1.14. The Morgan fingerprint density at radius 2 is 2.05 bits per heavy atom. The molecule has 1 fully saturated rings. The van der Waals surface area contributed by atoms with Crippen molar-refractivity contribution >= 4 is 22.0 Å². The quantitative estimate of drug-likeness (QED) is 0.850. The average molecular weight is 346 g/mol. The van der Waals surface area contributed by atoms with Crippen molar-refractivity contribution in [3.63, 3.8) is 0 Å². The van der Waals surface area contributed by atoms with Crippen LogP contribution < -0.4 is 0 Å². The van der Waals surface area contributed by atoms with Crippen molar-refractivity contribution in [2.24, 2.45) is 0 Å². The Labute approximate surface area is 125 Å². The highest BCUT2D eigenvalue weighted by Gasteiger charge is 2.47. The van der Waals surface area contributed by atoms with Gasteiger partial charge in [0.15, 0.2) is 0 Å². The molecule has 1 aromatic rings. The van der Waals surface area contributed by atoms with Crippen molar-refractivity contribution in [1.82, 2.24) is 4.90 Å². The summed E-state index contributed by atoms with van der Waals surface area (Å²) in [5.74, 6) is -0.487. The van der Waals surface area contributed by atoms with Gasteiger partial charge in [0.05, 0.1) is 13.1 Å². The molecule has 2 rings (SSSR count). The van der Waals surface area contributed by atoms with Gasteiger partial charge in [0.25, 0.3) is 0 Å². The first-order valence-electron chi connectivity index (χ1n) is 6.27. The van der Waals surface area contributed by atoms with Gasteiger partial charge in [-0.15, -0.1) is 0 Å². The molecule has 1 aliphatic rings. The summed E-state index contributed by atoms with van der Waals surface area (Å²) in [5, 5.41) is 10.4. The summed E-state index contributed by atoms with van der Waals surface area (Å²) in [6.45, 7) is 5.35. The highest BCUT2D eigenvalue weighted by atomic mass is 79.9. The maximum atomic E-state index is 13.8. The maximum Gasteiger partial charge on any atom is 0.410 e. The first-order valence-corrected chi connectivity index (χ1v) is 7.06. The number of aliphatic hydroxyl groups is 1. The van der Waals surface area contributed by atoms with E-state index in [0.717, 1.165) is 0 Å². The number of rotatable bonds is 1. The van der Waals surface area contributed by atoms with Gasteiger partial charge in [-0.05, 0) is 39.0 Å². The van der Waals surface area contributed by atoms with E-state index in [-0.39, 0.29) is 18.7 Å². The second kappa shape index (κ2) is 5.00. The van der Waals surface area contributed by atoms with Crippen molar-refractivity contribution in [3.05, 3.63) is 34.1 Å². The van der Waals surface area contributed by atoms with E-state index < -0.39 is 23.1 Å². The summed E-state index contributed by atoms with van der Waals surface area (Å²) in [7, 11) is 0. The number of carbonyl (C=O) groups is 1. The molecule has 1 aliphatic heterocycles.